The maximum atomic E-state index is 12.1. The van der Waals surface area contributed by atoms with Crippen LogP contribution < -0.4 is 10.6 Å². The number of benzene rings is 2. The largest absolute Gasteiger partial charge is 0.379 e. The lowest BCUT2D eigenvalue weighted by atomic mass is 10.1. The van der Waals surface area contributed by atoms with Gasteiger partial charge in [-0.3, -0.25) is 0 Å². The summed E-state index contributed by atoms with van der Waals surface area (Å²) in [4.78, 5) is 12.1. The van der Waals surface area contributed by atoms with E-state index in [1.807, 2.05) is 37.3 Å². The molecule has 0 unspecified atom stereocenters. The molecule has 0 aliphatic carbocycles. The van der Waals surface area contributed by atoms with Crippen molar-refractivity contribution in [1.29, 1.82) is 0 Å². The fraction of sp³-hybridized carbons (Fsp3) is 0.350. The highest BCUT2D eigenvalue weighted by molar-refractivity contribution is 6.35. The monoisotopic (exact) mass is 410 g/mol. The minimum Gasteiger partial charge on any atom is -0.379 e. The van der Waals surface area contributed by atoms with Crippen LogP contribution in [-0.4, -0.2) is 32.4 Å². The van der Waals surface area contributed by atoms with Crippen molar-refractivity contribution < 1.29 is 14.3 Å². The highest BCUT2D eigenvalue weighted by Gasteiger charge is 2.05. The first-order valence-corrected chi connectivity index (χ1v) is 9.57. The maximum Gasteiger partial charge on any atom is 0.319 e. The van der Waals surface area contributed by atoms with Crippen molar-refractivity contribution in [3.8, 4) is 0 Å². The van der Waals surface area contributed by atoms with E-state index in [4.69, 9.17) is 32.7 Å². The number of rotatable bonds is 10. The number of nitrogens with one attached hydrogen (secondary N) is 2. The fourth-order valence-corrected chi connectivity index (χ4v) is 2.90. The van der Waals surface area contributed by atoms with Crippen LogP contribution in [-0.2, 0) is 22.5 Å². The predicted octanol–water partition coefficient (Wildman–Crippen LogP) is 4.91. The minimum absolute atomic E-state index is 0.269. The Hall–Kier alpha value is -1.79. The zero-order valence-corrected chi connectivity index (χ0v) is 16.8. The number of urea groups is 1. The van der Waals surface area contributed by atoms with Crippen molar-refractivity contribution in [3.63, 3.8) is 0 Å². The van der Waals surface area contributed by atoms with Gasteiger partial charge in [0.1, 0.15) is 0 Å². The van der Waals surface area contributed by atoms with E-state index in [2.05, 4.69) is 10.6 Å². The molecule has 2 aromatic rings. The third-order valence-corrected chi connectivity index (χ3v) is 4.31. The van der Waals surface area contributed by atoms with Crippen molar-refractivity contribution in [2.24, 2.45) is 0 Å². The summed E-state index contributed by atoms with van der Waals surface area (Å²) in [7, 11) is 0. The third kappa shape index (κ3) is 8.18. The topological polar surface area (TPSA) is 59.6 Å². The lowest BCUT2D eigenvalue weighted by molar-refractivity contribution is 0.0453. The van der Waals surface area contributed by atoms with E-state index in [0.717, 1.165) is 11.1 Å². The Kier molecular flexibility index (Phi) is 9.42. The van der Waals surface area contributed by atoms with Gasteiger partial charge in [-0.15, -0.1) is 0 Å². The standard InChI is InChI=1S/C20H24Cl2N2O3/c1-2-26-10-11-27-14-15-4-3-5-18(12-15)24-20(25)23-9-8-16-6-7-17(21)13-19(16)22/h3-7,12-13H,2,8-11,14H2,1H3,(H2,23,24,25). The van der Waals surface area contributed by atoms with E-state index < -0.39 is 0 Å². The van der Waals surface area contributed by atoms with Gasteiger partial charge in [0.15, 0.2) is 0 Å². The second kappa shape index (κ2) is 11.8. The van der Waals surface area contributed by atoms with Crippen molar-refractivity contribution in [2.75, 3.05) is 31.7 Å². The van der Waals surface area contributed by atoms with E-state index in [1.54, 1.807) is 12.1 Å². The smallest absolute Gasteiger partial charge is 0.319 e. The van der Waals surface area contributed by atoms with E-state index >= 15 is 0 Å². The van der Waals surface area contributed by atoms with Crippen LogP contribution in [0, 0.1) is 0 Å². The summed E-state index contributed by atoms with van der Waals surface area (Å²) < 4.78 is 10.8. The Morgan fingerprint density at radius 1 is 1.07 bits per heavy atom. The third-order valence-electron chi connectivity index (χ3n) is 3.72. The summed E-state index contributed by atoms with van der Waals surface area (Å²) in [6.45, 7) is 4.69. The number of ether oxygens (including phenoxy) is 2. The second-order valence-electron chi connectivity index (χ2n) is 5.82. The molecule has 0 saturated heterocycles. The molecule has 0 saturated carbocycles. The zero-order chi connectivity index (χ0) is 19.5. The Morgan fingerprint density at radius 2 is 1.89 bits per heavy atom. The normalized spacial score (nSPS) is 10.6. The maximum absolute atomic E-state index is 12.1. The first-order valence-electron chi connectivity index (χ1n) is 8.81. The van der Waals surface area contributed by atoms with Crippen LogP contribution in [0.2, 0.25) is 10.0 Å². The number of anilines is 1. The zero-order valence-electron chi connectivity index (χ0n) is 15.3. The molecule has 2 N–H and O–H groups in total. The molecular formula is C20H24Cl2N2O3. The van der Waals surface area contributed by atoms with Crippen molar-refractivity contribution in [1.82, 2.24) is 5.32 Å². The molecule has 0 heterocycles. The van der Waals surface area contributed by atoms with Gasteiger partial charge < -0.3 is 20.1 Å². The Bertz CT molecular complexity index is 741. The molecule has 5 nitrogen and oxygen atoms in total. The van der Waals surface area contributed by atoms with Crippen LogP contribution in [0.5, 0.6) is 0 Å². The van der Waals surface area contributed by atoms with Gasteiger partial charge in [-0.2, -0.15) is 0 Å². The van der Waals surface area contributed by atoms with Gasteiger partial charge in [0.25, 0.3) is 0 Å². The molecular weight excluding hydrogens is 387 g/mol. The van der Waals surface area contributed by atoms with Crippen molar-refractivity contribution in [2.45, 2.75) is 20.0 Å². The molecule has 2 rings (SSSR count). The Balaban J connectivity index is 1.74. The molecule has 0 aromatic heterocycles. The molecule has 0 aliphatic rings. The lowest BCUT2D eigenvalue weighted by Gasteiger charge is -2.10. The number of hydrogen-bond acceptors (Lipinski definition) is 3. The van der Waals surface area contributed by atoms with E-state index in [0.29, 0.717) is 55.1 Å². The van der Waals surface area contributed by atoms with Crippen LogP contribution in [0.4, 0.5) is 10.5 Å². The molecule has 27 heavy (non-hydrogen) atoms. The molecule has 0 atom stereocenters. The fourth-order valence-electron chi connectivity index (χ4n) is 2.40. The second-order valence-corrected chi connectivity index (χ2v) is 6.66. The van der Waals surface area contributed by atoms with Crippen molar-refractivity contribution in [3.05, 3.63) is 63.6 Å². The number of halogens is 2. The number of hydrogen-bond donors (Lipinski definition) is 2. The van der Waals surface area contributed by atoms with Crippen LogP contribution in [0.15, 0.2) is 42.5 Å². The molecule has 7 heteroatoms. The van der Waals surface area contributed by atoms with Crippen LogP contribution in [0.3, 0.4) is 0 Å². The summed E-state index contributed by atoms with van der Waals surface area (Å²) in [6, 6.07) is 12.6. The van der Waals surface area contributed by atoms with Crippen molar-refractivity contribution >= 4 is 34.9 Å². The van der Waals surface area contributed by atoms with Gasteiger partial charge in [0, 0.05) is 28.9 Å². The Morgan fingerprint density at radius 3 is 2.67 bits per heavy atom. The van der Waals surface area contributed by atoms with Gasteiger partial charge in [-0.1, -0.05) is 41.4 Å². The average Bonchev–Trinajstić information content (AvgIpc) is 2.64. The summed E-state index contributed by atoms with van der Waals surface area (Å²) >= 11 is 12.0. The predicted molar refractivity (Wildman–Crippen MR) is 110 cm³/mol. The number of carbonyl (C=O) groups excluding carboxylic acids is 1. The van der Waals surface area contributed by atoms with Gasteiger partial charge in [0.05, 0.1) is 19.8 Å². The van der Waals surface area contributed by atoms with Gasteiger partial charge in [0.2, 0.25) is 0 Å². The average molecular weight is 411 g/mol. The SMILES string of the molecule is CCOCCOCc1cccc(NC(=O)NCCc2ccc(Cl)cc2Cl)c1. The summed E-state index contributed by atoms with van der Waals surface area (Å²) in [5, 5.41) is 6.83. The van der Waals surface area contributed by atoms with E-state index in [9.17, 15) is 4.79 Å². The molecule has 0 radical (unpaired) electrons. The highest BCUT2D eigenvalue weighted by Crippen LogP contribution is 2.21. The number of carbonyl (C=O) groups is 1. The Labute approximate surface area is 170 Å². The van der Waals surface area contributed by atoms with Crippen LogP contribution in [0.1, 0.15) is 18.1 Å². The minimum atomic E-state index is -0.269. The van der Waals surface area contributed by atoms with Gasteiger partial charge >= 0.3 is 6.03 Å². The molecule has 146 valence electrons. The summed E-state index contributed by atoms with van der Waals surface area (Å²) in [5.41, 5.74) is 2.63. The molecule has 0 bridgehead atoms. The number of amides is 2. The van der Waals surface area contributed by atoms with E-state index in [-0.39, 0.29) is 6.03 Å². The first-order chi connectivity index (χ1) is 13.1. The van der Waals surface area contributed by atoms with Gasteiger partial charge in [-0.05, 0) is 48.7 Å². The molecule has 0 aliphatic heterocycles. The first kappa shape index (κ1) is 21.5. The molecule has 2 aromatic carbocycles. The lowest BCUT2D eigenvalue weighted by Crippen LogP contribution is -2.30. The van der Waals surface area contributed by atoms with Crippen LogP contribution in [0.25, 0.3) is 0 Å². The summed E-state index contributed by atoms with van der Waals surface area (Å²) in [5.74, 6) is 0. The summed E-state index contributed by atoms with van der Waals surface area (Å²) in [6.07, 6.45) is 0.622. The highest BCUT2D eigenvalue weighted by atomic mass is 35.5. The van der Waals surface area contributed by atoms with E-state index in [1.165, 1.54) is 0 Å². The molecule has 0 fully saturated rings. The quantitative estimate of drug-likeness (QED) is 0.546. The molecule has 0 spiro atoms. The van der Waals surface area contributed by atoms with Crippen LogP contribution >= 0.6 is 23.2 Å². The van der Waals surface area contributed by atoms with Gasteiger partial charge in [-0.25, -0.2) is 4.79 Å². The molecule has 2 amide bonds.